The van der Waals surface area contributed by atoms with E-state index in [1.807, 2.05) is 6.07 Å². The first-order valence-electron chi connectivity index (χ1n) is 6.25. The van der Waals surface area contributed by atoms with E-state index < -0.39 is 0 Å². The van der Waals surface area contributed by atoms with Crippen molar-refractivity contribution >= 4 is 49.9 Å². The molecule has 2 aromatic rings. The average molecular weight is 301 g/mol. The Hall–Kier alpha value is -0.510. The number of aromatic nitrogens is 1. The Morgan fingerprint density at radius 3 is 2.56 bits per heavy atom. The number of benzene rings is 1. The highest BCUT2D eigenvalue weighted by Gasteiger charge is 2.16. The predicted molar refractivity (Wildman–Crippen MR) is 80.1 cm³/mol. The standard InChI is InChI=1S/C13H14Cl2N2S/c14-9-6-7-10(15)12-11(9)17-13(18-12)16-8-4-2-1-3-5-8/h6-8H,1-5H2,(H,16,17). The minimum absolute atomic E-state index is 0.553. The number of nitrogens with zero attached hydrogens (tertiary/aromatic N) is 1. The first-order chi connectivity index (χ1) is 8.74. The highest BCUT2D eigenvalue weighted by molar-refractivity contribution is 7.22. The minimum Gasteiger partial charge on any atom is -0.359 e. The van der Waals surface area contributed by atoms with Gasteiger partial charge in [0.25, 0.3) is 0 Å². The van der Waals surface area contributed by atoms with Gasteiger partial charge in [-0.05, 0) is 25.0 Å². The summed E-state index contributed by atoms with van der Waals surface area (Å²) in [7, 11) is 0. The Bertz CT molecular complexity index is 522. The molecule has 18 heavy (non-hydrogen) atoms. The van der Waals surface area contributed by atoms with E-state index in [-0.39, 0.29) is 0 Å². The van der Waals surface area contributed by atoms with Gasteiger partial charge in [-0.1, -0.05) is 53.8 Å². The van der Waals surface area contributed by atoms with Crippen LogP contribution in [0.4, 0.5) is 5.13 Å². The molecular formula is C13H14Cl2N2S. The largest absolute Gasteiger partial charge is 0.359 e. The van der Waals surface area contributed by atoms with Crippen LogP contribution >= 0.6 is 34.5 Å². The van der Waals surface area contributed by atoms with Crippen molar-refractivity contribution in [3.8, 4) is 0 Å². The Labute approximate surface area is 120 Å². The van der Waals surface area contributed by atoms with Crippen molar-refractivity contribution in [1.29, 1.82) is 0 Å². The van der Waals surface area contributed by atoms with Crippen molar-refractivity contribution in [2.45, 2.75) is 38.1 Å². The van der Waals surface area contributed by atoms with Gasteiger partial charge in [-0.2, -0.15) is 0 Å². The van der Waals surface area contributed by atoms with Crippen LogP contribution in [0.1, 0.15) is 32.1 Å². The summed E-state index contributed by atoms with van der Waals surface area (Å²) in [5.74, 6) is 0. The monoisotopic (exact) mass is 300 g/mol. The van der Waals surface area contributed by atoms with Gasteiger partial charge in [-0.25, -0.2) is 4.98 Å². The van der Waals surface area contributed by atoms with E-state index in [1.54, 1.807) is 17.4 Å². The number of nitrogens with one attached hydrogen (secondary N) is 1. The molecule has 5 heteroatoms. The minimum atomic E-state index is 0.553. The summed E-state index contributed by atoms with van der Waals surface area (Å²) < 4.78 is 0.975. The van der Waals surface area contributed by atoms with Gasteiger partial charge in [-0.3, -0.25) is 0 Å². The molecule has 2 nitrogen and oxygen atoms in total. The molecule has 1 N–H and O–H groups in total. The maximum absolute atomic E-state index is 6.17. The summed E-state index contributed by atoms with van der Waals surface area (Å²) in [6, 6.07) is 4.18. The fourth-order valence-electron chi connectivity index (χ4n) is 2.43. The molecule has 1 saturated carbocycles. The zero-order valence-electron chi connectivity index (χ0n) is 9.88. The highest BCUT2D eigenvalue weighted by Crippen LogP contribution is 2.36. The van der Waals surface area contributed by atoms with Crippen molar-refractivity contribution in [1.82, 2.24) is 4.98 Å². The van der Waals surface area contributed by atoms with E-state index in [2.05, 4.69) is 10.3 Å². The van der Waals surface area contributed by atoms with Gasteiger partial charge in [0.2, 0.25) is 0 Å². The molecule has 96 valence electrons. The first-order valence-corrected chi connectivity index (χ1v) is 7.82. The van der Waals surface area contributed by atoms with Gasteiger partial charge in [0.15, 0.2) is 5.13 Å². The maximum Gasteiger partial charge on any atom is 0.184 e. The second-order valence-corrected chi connectivity index (χ2v) is 6.52. The summed E-state index contributed by atoms with van der Waals surface area (Å²) in [4.78, 5) is 4.56. The molecule has 0 spiro atoms. The van der Waals surface area contributed by atoms with E-state index in [1.165, 1.54) is 32.1 Å². The zero-order valence-corrected chi connectivity index (χ0v) is 12.2. The van der Waals surface area contributed by atoms with E-state index in [9.17, 15) is 0 Å². The van der Waals surface area contributed by atoms with Crippen molar-refractivity contribution in [2.75, 3.05) is 5.32 Å². The third-order valence-electron chi connectivity index (χ3n) is 3.38. The molecule has 1 aromatic carbocycles. The Morgan fingerprint density at radius 2 is 1.83 bits per heavy atom. The van der Waals surface area contributed by atoms with Crippen LogP contribution in [0.5, 0.6) is 0 Å². The van der Waals surface area contributed by atoms with Gasteiger partial charge >= 0.3 is 0 Å². The number of halogens is 2. The molecule has 1 fully saturated rings. The third-order valence-corrected chi connectivity index (χ3v) is 5.13. The van der Waals surface area contributed by atoms with Crippen LogP contribution in [0.2, 0.25) is 10.0 Å². The molecule has 1 heterocycles. The smallest absolute Gasteiger partial charge is 0.184 e. The van der Waals surface area contributed by atoms with Crippen LogP contribution in [0, 0.1) is 0 Å². The molecule has 0 bridgehead atoms. The SMILES string of the molecule is Clc1ccc(Cl)c2sc(NC3CCCCC3)nc12. The molecule has 0 atom stereocenters. The van der Waals surface area contributed by atoms with Gasteiger partial charge in [0.05, 0.1) is 14.7 Å². The third kappa shape index (κ3) is 2.44. The van der Waals surface area contributed by atoms with Crippen LogP contribution in [-0.4, -0.2) is 11.0 Å². The molecule has 3 rings (SSSR count). The summed E-state index contributed by atoms with van der Waals surface area (Å²) in [5, 5.41) is 5.85. The van der Waals surface area contributed by atoms with Gasteiger partial charge < -0.3 is 5.32 Å². The summed E-state index contributed by atoms with van der Waals surface area (Å²) in [5.41, 5.74) is 0.812. The zero-order chi connectivity index (χ0) is 12.5. The number of rotatable bonds is 2. The average Bonchev–Trinajstić information content (AvgIpc) is 2.80. The second-order valence-electron chi connectivity index (χ2n) is 4.71. The number of anilines is 1. The molecule has 1 aliphatic rings. The highest BCUT2D eigenvalue weighted by atomic mass is 35.5. The lowest BCUT2D eigenvalue weighted by Crippen LogP contribution is -2.21. The van der Waals surface area contributed by atoms with Crippen molar-refractivity contribution in [3.63, 3.8) is 0 Å². The Morgan fingerprint density at radius 1 is 1.11 bits per heavy atom. The van der Waals surface area contributed by atoms with Crippen LogP contribution < -0.4 is 5.32 Å². The van der Waals surface area contributed by atoms with Crippen LogP contribution in [-0.2, 0) is 0 Å². The van der Waals surface area contributed by atoms with Crippen molar-refractivity contribution in [2.24, 2.45) is 0 Å². The Kier molecular flexibility index (Phi) is 3.64. The number of hydrogen-bond acceptors (Lipinski definition) is 3. The van der Waals surface area contributed by atoms with Gasteiger partial charge in [0.1, 0.15) is 5.52 Å². The Balaban J connectivity index is 1.88. The molecule has 0 aliphatic heterocycles. The van der Waals surface area contributed by atoms with Crippen LogP contribution in [0.15, 0.2) is 12.1 Å². The van der Waals surface area contributed by atoms with Crippen molar-refractivity contribution < 1.29 is 0 Å². The second kappa shape index (κ2) is 5.24. The van der Waals surface area contributed by atoms with Crippen LogP contribution in [0.25, 0.3) is 10.2 Å². The molecule has 0 radical (unpaired) electrons. The summed E-state index contributed by atoms with van der Waals surface area (Å²) in [6.07, 6.45) is 6.44. The number of thiazole rings is 1. The first kappa shape index (κ1) is 12.5. The van der Waals surface area contributed by atoms with E-state index >= 15 is 0 Å². The quantitative estimate of drug-likeness (QED) is 0.809. The van der Waals surface area contributed by atoms with Crippen molar-refractivity contribution in [3.05, 3.63) is 22.2 Å². The van der Waals surface area contributed by atoms with Gasteiger partial charge in [0, 0.05) is 6.04 Å². The fourth-order valence-corrected chi connectivity index (χ4v) is 3.93. The molecule has 1 aliphatic carbocycles. The van der Waals surface area contributed by atoms with Gasteiger partial charge in [-0.15, -0.1) is 0 Å². The lowest BCUT2D eigenvalue weighted by atomic mass is 9.96. The molecule has 1 aromatic heterocycles. The summed E-state index contributed by atoms with van der Waals surface area (Å²) >= 11 is 13.9. The molecule has 0 saturated heterocycles. The number of hydrogen-bond donors (Lipinski definition) is 1. The van der Waals surface area contributed by atoms with E-state index in [0.717, 1.165) is 20.4 Å². The summed E-state index contributed by atoms with van der Waals surface area (Å²) in [6.45, 7) is 0. The van der Waals surface area contributed by atoms with Crippen LogP contribution in [0.3, 0.4) is 0 Å². The fraction of sp³-hybridized carbons (Fsp3) is 0.462. The normalized spacial score (nSPS) is 17.2. The topological polar surface area (TPSA) is 24.9 Å². The lowest BCUT2D eigenvalue weighted by Gasteiger charge is -2.22. The molecular weight excluding hydrogens is 287 g/mol. The number of fused-ring (bicyclic) bond motifs is 1. The molecule has 0 amide bonds. The van der Waals surface area contributed by atoms with E-state index in [4.69, 9.17) is 23.2 Å². The lowest BCUT2D eigenvalue weighted by molar-refractivity contribution is 0.462. The predicted octanol–water partition coefficient (Wildman–Crippen LogP) is 5.35. The van der Waals surface area contributed by atoms with E-state index in [0.29, 0.717) is 11.1 Å². The molecule has 0 unspecified atom stereocenters. The maximum atomic E-state index is 6.17.